The molecule has 94 valence electrons. The molecule has 0 atom stereocenters. The van der Waals surface area contributed by atoms with Gasteiger partial charge in [0.25, 0.3) is 0 Å². The van der Waals surface area contributed by atoms with E-state index in [1.807, 2.05) is 0 Å². The van der Waals surface area contributed by atoms with Gasteiger partial charge in [-0.1, -0.05) is 12.8 Å². The summed E-state index contributed by atoms with van der Waals surface area (Å²) in [6.07, 6.45) is 8.81. The van der Waals surface area contributed by atoms with Crippen LogP contribution in [-0.2, 0) is 0 Å². The van der Waals surface area contributed by atoms with Gasteiger partial charge < -0.3 is 10.2 Å². The van der Waals surface area contributed by atoms with Gasteiger partial charge in [-0.15, -0.1) is 0 Å². The lowest BCUT2D eigenvalue weighted by Gasteiger charge is -2.24. The van der Waals surface area contributed by atoms with Crippen LogP contribution >= 0.6 is 15.9 Å². The normalized spacial score (nSPS) is 16.6. The molecule has 0 spiro atoms. The molecular weight excluding hydrogens is 280 g/mol. The fourth-order valence-corrected chi connectivity index (χ4v) is 2.68. The number of likely N-dealkylation sites (N-methyl/N-ethyl adjacent to an activating group) is 1. The van der Waals surface area contributed by atoms with Crippen LogP contribution in [0, 0.1) is 0 Å². The van der Waals surface area contributed by atoms with E-state index in [9.17, 15) is 0 Å². The first kappa shape index (κ1) is 12.8. The van der Waals surface area contributed by atoms with E-state index in [0.29, 0.717) is 0 Å². The third kappa shape index (κ3) is 3.64. The van der Waals surface area contributed by atoms with E-state index in [-0.39, 0.29) is 0 Å². The highest BCUT2D eigenvalue weighted by molar-refractivity contribution is 9.10. The maximum Gasteiger partial charge on any atom is 0.143 e. The molecule has 4 nitrogen and oxygen atoms in total. The van der Waals surface area contributed by atoms with E-state index >= 15 is 0 Å². The number of anilines is 1. The largest absolute Gasteiger partial charge is 0.368 e. The van der Waals surface area contributed by atoms with Gasteiger partial charge in [-0.3, -0.25) is 0 Å². The fraction of sp³-hybridized carbons (Fsp3) is 0.667. The molecule has 1 aromatic heterocycles. The summed E-state index contributed by atoms with van der Waals surface area (Å²) in [4.78, 5) is 10.6. The molecule has 1 aromatic rings. The second-order valence-electron chi connectivity index (χ2n) is 4.56. The fourth-order valence-electron chi connectivity index (χ4n) is 2.32. The summed E-state index contributed by atoms with van der Waals surface area (Å²) < 4.78 is 0.920. The van der Waals surface area contributed by atoms with E-state index in [2.05, 4.69) is 43.2 Å². The zero-order chi connectivity index (χ0) is 12.1. The van der Waals surface area contributed by atoms with Crippen molar-refractivity contribution >= 4 is 21.7 Å². The molecule has 1 saturated carbocycles. The molecule has 0 radical (unpaired) electrons. The smallest absolute Gasteiger partial charge is 0.143 e. The molecule has 0 saturated heterocycles. The second kappa shape index (κ2) is 6.31. The van der Waals surface area contributed by atoms with Gasteiger partial charge in [0.15, 0.2) is 0 Å². The molecule has 0 aliphatic heterocycles. The van der Waals surface area contributed by atoms with Gasteiger partial charge in [0.1, 0.15) is 12.1 Å². The highest BCUT2D eigenvalue weighted by atomic mass is 79.9. The van der Waals surface area contributed by atoms with Crippen LogP contribution in [0.5, 0.6) is 0 Å². The summed E-state index contributed by atoms with van der Waals surface area (Å²) in [5.74, 6) is 0.875. The van der Waals surface area contributed by atoms with Crippen molar-refractivity contribution in [1.82, 2.24) is 14.9 Å². The zero-order valence-corrected chi connectivity index (χ0v) is 11.8. The van der Waals surface area contributed by atoms with Gasteiger partial charge in [-0.2, -0.15) is 0 Å². The number of aromatic nitrogens is 2. The Balaban J connectivity index is 1.74. The monoisotopic (exact) mass is 298 g/mol. The van der Waals surface area contributed by atoms with Crippen LogP contribution in [0.1, 0.15) is 25.7 Å². The highest BCUT2D eigenvalue weighted by Gasteiger charge is 2.18. The molecule has 1 N–H and O–H groups in total. The average molecular weight is 299 g/mol. The third-order valence-corrected chi connectivity index (χ3v) is 3.95. The zero-order valence-electron chi connectivity index (χ0n) is 10.2. The minimum absolute atomic E-state index is 0.783. The average Bonchev–Trinajstić information content (AvgIpc) is 2.85. The minimum atomic E-state index is 0.783. The molecule has 1 aliphatic rings. The first-order chi connectivity index (χ1) is 8.27. The van der Waals surface area contributed by atoms with Crippen molar-refractivity contribution in [3.8, 4) is 0 Å². The molecule has 0 unspecified atom stereocenters. The highest BCUT2D eigenvalue weighted by Crippen LogP contribution is 2.22. The standard InChI is InChI=1S/C12H19BrN4/c1-17(10-4-2-3-5-10)7-6-15-12-11(13)8-14-9-16-12/h8-10H,2-7H2,1H3,(H,14,15,16). The lowest BCUT2D eigenvalue weighted by molar-refractivity contribution is 0.254. The summed E-state index contributed by atoms with van der Waals surface area (Å²) in [7, 11) is 2.21. The van der Waals surface area contributed by atoms with Gasteiger partial charge in [-0.05, 0) is 35.8 Å². The summed E-state index contributed by atoms with van der Waals surface area (Å²) in [5.41, 5.74) is 0. The number of hydrogen-bond acceptors (Lipinski definition) is 4. The summed E-state index contributed by atoms with van der Waals surface area (Å²) in [5, 5.41) is 3.33. The van der Waals surface area contributed by atoms with E-state index < -0.39 is 0 Å². The van der Waals surface area contributed by atoms with Crippen LogP contribution in [0.2, 0.25) is 0 Å². The topological polar surface area (TPSA) is 41.0 Å². The van der Waals surface area contributed by atoms with Crippen LogP contribution in [0.3, 0.4) is 0 Å². The molecule has 5 heteroatoms. The maximum atomic E-state index is 4.19. The Morgan fingerprint density at radius 2 is 2.24 bits per heavy atom. The quantitative estimate of drug-likeness (QED) is 0.907. The Kier molecular flexibility index (Phi) is 4.74. The molecule has 0 bridgehead atoms. The van der Waals surface area contributed by atoms with E-state index in [4.69, 9.17) is 0 Å². The van der Waals surface area contributed by atoms with Gasteiger partial charge in [-0.25, -0.2) is 9.97 Å². The maximum absolute atomic E-state index is 4.19. The lowest BCUT2D eigenvalue weighted by Crippen LogP contribution is -2.33. The number of hydrogen-bond donors (Lipinski definition) is 1. The van der Waals surface area contributed by atoms with Crippen LogP contribution < -0.4 is 5.32 Å². The summed E-state index contributed by atoms with van der Waals surface area (Å²) >= 11 is 3.43. The van der Waals surface area contributed by atoms with Crippen LogP contribution in [0.15, 0.2) is 17.0 Å². The van der Waals surface area contributed by atoms with Crippen LogP contribution in [0.4, 0.5) is 5.82 Å². The van der Waals surface area contributed by atoms with Crippen molar-refractivity contribution in [2.75, 3.05) is 25.5 Å². The van der Waals surface area contributed by atoms with Gasteiger partial charge in [0.05, 0.1) is 4.47 Å². The van der Waals surface area contributed by atoms with Gasteiger partial charge in [0, 0.05) is 25.3 Å². The number of halogens is 1. The first-order valence-corrected chi connectivity index (χ1v) is 6.96. The van der Waals surface area contributed by atoms with Crippen molar-refractivity contribution in [1.29, 1.82) is 0 Å². The SMILES string of the molecule is CN(CCNc1ncncc1Br)C1CCCC1. The van der Waals surface area contributed by atoms with Gasteiger partial charge in [0.2, 0.25) is 0 Å². The van der Waals surface area contributed by atoms with Crippen LogP contribution in [-0.4, -0.2) is 41.0 Å². The first-order valence-electron chi connectivity index (χ1n) is 6.17. The van der Waals surface area contributed by atoms with Crippen molar-refractivity contribution in [3.63, 3.8) is 0 Å². The third-order valence-electron chi connectivity index (χ3n) is 3.37. The summed E-state index contributed by atoms with van der Waals surface area (Å²) in [6, 6.07) is 0.783. The summed E-state index contributed by atoms with van der Waals surface area (Å²) in [6.45, 7) is 1.98. The lowest BCUT2D eigenvalue weighted by atomic mass is 10.2. The minimum Gasteiger partial charge on any atom is -0.368 e. The molecule has 17 heavy (non-hydrogen) atoms. The van der Waals surface area contributed by atoms with Crippen molar-refractivity contribution in [2.24, 2.45) is 0 Å². The second-order valence-corrected chi connectivity index (χ2v) is 5.42. The van der Waals surface area contributed by atoms with Crippen LogP contribution in [0.25, 0.3) is 0 Å². The van der Waals surface area contributed by atoms with Gasteiger partial charge >= 0.3 is 0 Å². The predicted molar refractivity (Wildman–Crippen MR) is 73.1 cm³/mol. The Labute approximate surface area is 111 Å². The van der Waals surface area contributed by atoms with E-state index in [1.54, 1.807) is 12.5 Å². The number of nitrogens with zero attached hydrogens (tertiary/aromatic N) is 3. The molecule has 0 amide bonds. The molecule has 1 heterocycles. The van der Waals surface area contributed by atoms with E-state index in [0.717, 1.165) is 29.4 Å². The predicted octanol–water partition coefficient (Wildman–Crippen LogP) is 2.53. The van der Waals surface area contributed by atoms with E-state index in [1.165, 1.54) is 25.7 Å². The number of rotatable bonds is 5. The molecular formula is C12H19BrN4. The molecule has 2 rings (SSSR count). The van der Waals surface area contributed by atoms with Crippen molar-refractivity contribution in [3.05, 3.63) is 17.0 Å². The Bertz CT molecular complexity index is 352. The molecule has 1 aliphatic carbocycles. The molecule has 1 fully saturated rings. The van der Waals surface area contributed by atoms with Crippen molar-refractivity contribution in [2.45, 2.75) is 31.7 Å². The molecule has 0 aromatic carbocycles. The Hall–Kier alpha value is -0.680. The Morgan fingerprint density at radius 1 is 1.47 bits per heavy atom. The van der Waals surface area contributed by atoms with Crippen molar-refractivity contribution < 1.29 is 0 Å². The number of nitrogens with one attached hydrogen (secondary N) is 1. The Morgan fingerprint density at radius 3 is 2.94 bits per heavy atom.